The van der Waals surface area contributed by atoms with Crippen LogP contribution in [-0.2, 0) is 16.6 Å². The van der Waals surface area contributed by atoms with E-state index in [1.165, 1.54) is 16.5 Å². The molecule has 1 aliphatic rings. The summed E-state index contributed by atoms with van der Waals surface area (Å²) in [4.78, 5) is 4.69. The van der Waals surface area contributed by atoms with E-state index in [0.29, 0.717) is 5.92 Å². The van der Waals surface area contributed by atoms with Gasteiger partial charge in [0.05, 0.1) is 5.52 Å². The van der Waals surface area contributed by atoms with E-state index in [-0.39, 0.29) is 5.41 Å². The molecule has 0 bridgehead atoms. The summed E-state index contributed by atoms with van der Waals surface area (Å²) in [6.45, 7) is 14.7. The normalized spacial score (nSPS) is 24.2. The lowest BCUT2D eigenvalue weighted by Gasteiger charge is -2.40. The van der Waals surface area contributed by atoms with Crippen LogP contribution in [0.5, 0.6) is 0 Å². The number of nitrogens with zero attached hydrogens (tertiary/aromatic N) is 1. The predicted octanol–water partition coefficient (Wildman–Crippen LogP) is 5.45. The number of fused-ring (bicyclic) bond motifs is 1. The Hall–Kier alpha value is -1.41. The van der Waals surface area contributed by atoms with Crippen LogP contribution in [0.2, 0.25) is 0 Å². The minimum atomic E-state index is 0.211. The van der Waals surface area contributed by atoms with Crippen molar-refractivity contribution in [2.45, 2.75) is 59.8 Å². The van der Waals surface area contributed by atoms with Gasteiger partial charge in [0, 0.05) is 24.3 Å². The first-order valence-electron chi connectivity index (χ1n) is 9.03. The number of rotatable bonds is 2. The summed E-state index contributed by atoms with van der Waals surface area (Å²) in [7, 11) is 0. The lowest BCUT2D eigenvalue weighted by molar-refractivity contribution is 0.0125. The Kier molecular flexibility index (Phi) is 5.80. The van der Waals surface area contributed by atoms with Crippen molar-refractivity contribution in [3.63, 3.8) is 0 Å². The number of benzene rings is 1. The highest BCUT2D eigenvalue weighted by Crippen LogP contribution is 2.39. The van der Waals surface area contributed by atoms with Gasteiger partial charge in [-0.25, -0.2) is 0 Å². The Bertz CT molecular complexity index is 664. The first-order valence-corrected chi connectivity index (χ1v) is 9.03. The van der Waals surface area contributed by atoms with Crippen molar-refractivity contribution in [3.8, 4) is 0 Å². The van der Waals surface area contributed by atoms with Gasteiger partial charge in [-0.1, -0.05) is 40.7 Å². The fourth-order valence-electron chi connectivity index (χ4n) is 3.49. The minimum absolute atomic E-state index is 0.211. The smallest absolute Gasteiger partial charge is 0.0708 e. The largest absolute Gasteiger partial charge is 0.381 e. The van der Waals surface area contributed by atoms with E-state index in [9.17, 15) is 0 Å². The highest BCUT2D eigenvalue weighted by molar-refractivity contribution is 5.83. The zero-order valence-corrected chi connectivity index (χ0v) is 15.6. The maximum Gasteiger partial charge on any atom is 0.0708 e. The Balaban J connectivity index is 0.000000924. The van der Waals surface area contributed by atoms with Crippen LogP contribution in [0.15, 0.2) is 24.3 Å². The van der Waals surface area contributed by atoms with Crippen molar-refractivity contribution in [2.24, 2.45) is 5.92 Å². The Morgan fingerprint density at radius 3 is 2.65 bits per heavy atom. The van der Waals surface area contributed by atoms with Crippen molar-refractivity contribution in [2.75, 3.05) is 13.2 Å². The molecule has 126 valence electrons. The summed E-state index contributed by atoms with van der Waals surface area (Å²) < 4.78 is 5.63. The SMILES string of the molecule is CC.CCc1cc(C)nc2ccc(C3(C)CCOCC3C)cc12. The van der Waals surface area contributed by atoms with Gasteiger partial charge in [0.25, 0.3) is 0 Å². The topological polar surface area (TPSA) is 22.1 Å². The zero-order valence-electron chi connectivity index (χ0n) is 15.6. The van der Waals surface area contributed by atoms with E-state index in [0.717, 1.165) is 37.3 Å². The fraction of sp³-hybridized carbons (Fsp3) is 0.571. The molecule has 2 nitrogen and oxygen atoms in total. The van der Waals surface area contributed by atoms with Crippen molar-refractivity contribution in [1.29, 1.82) is 0 Å². The molecular weight excluding hydrogens is 282 g/mol. The molecule has 0 N–H and O–H groups in total. The van der Waals surface area contributed by atoms with Crippen molar-refractivity contribution in [1.82, 2.24) is 4.98 Å². The Labute approximate surface area is 141 Å². The third-order valence-corrected chi connectivity index (χ3v) is 5.28. The van der Waals surface area contributed by atoms with Gasteiger partial charge in [-0.05, 0) is 60.4 Å². The number of hydrogen-bond acceptors (Lipinski definition) is 2. The van der Waals surface area contributed by atoms with Gasteiger partial charge in [-0.15, -0.1) is 0 Å². The summed E-state index contributed by atoms with van der Waals surface area (Å²) in [6, 6.07) is 9.07. The molecule has 2 unspecified atom stereocenters. The lowest BCUT2D eigenvalue weighted by Crippen LogP contribution is -2.38. The second-order valence-electron chi connectivity index (χ2n) is 6.65. The molecule has 1 aromatic carbocycles. The third-order valence-electron chi connectivity index (χ3n) is 5.28. The molecule has 0 amide bonds. The second kappa shape index (κ2) is 7.44. The first kappa shape index (κ1) is 17.9. The van der Waals surface area contributed by atoms with Gasteiger partial charge in [0.15, 0.2) is 0 Å². The Morgan fingerprint density at radius 2 is 2.00 bits per heavy atom. The van der Waals surface area contributed by atoms with E-state index in [2.05, 4.69) is 56.9 Å². The molecule has 1 aromatic heterocycles. The fourth-order valence-corrected chi connectivity index (χ4v) is 3.49. The number of aryl methyl sites for hydroxylation is 2. The first-order chi connectivity index (χ1) is 11.0. The average molecular weight is 313 g/mol. The van der Waals surface area contributed by atoms with Crippen LogP contribution in [0.25, 0.3) is 10.9 Å². The molecule has 3 rings (SSSR count). The standard InChI is InChI=1S/C19H25NO.C2H6/c1-5-15-10-14(3)20-18-7-6-16(11-17(15)18)19(4)8-9-21-12-13(19)2;1-2/h6-7,10-11,13H,5,8-9,12H2,1-4H3;1-2H3. The molecule has 2 heteroatoms. The molecule has 2 heterocycles. The van der Waals surface area contributed by atoms with Gasteiger partial charge in [-0.3, -0.25) is 4.98 Å². The molecule has 1 fully saturated rings. The summed E-state index contributed by atoms with van der Waals surface area (Å²) in [5, 5.41) is 1.32. The van der Waals surface area contributed by atoms with Gasteiger partial charge in [0.1, 0.15) is 0 Å². The molecule has 2 atom stereocenters. The highest BCUT2D eigenvalue weighted by atomic mass is 16.5. The van der Waals surface area contributed by atoms with Crippen molar-refractivity contribution >= 4 is 10.9 Å². The van der Waals surface area contributed by atoms with Crippen LogP contribution in [-0.4, -0.2) is 18.2 Å². The number of pyridine rings is 1. The predicted molar refractivity (Wildman–Crippen MR) is 99.2 cm³/mol. The molecule has 1 aliphatic heterocycles. The van der Waals surface area contributed by atoms with E-state index >= 15 is 0 Å². The third kappa shape index (κ3) is 3.42. The highest BCUT2D eigenvalue weighted by Gasteiger charge is 2.36. The minimum Gasteiger partial charge on any atom is -0.381 e. The molecular formula is C21H31NO. The van der Waals surface area contributed by atoms with Crippen LogP contribution in [0.4, 0.5) is 0 Å². The van der Waals surface area contributed by atoms with Gasteiger partial charge >= 0.3 is 0 Å². The molecule has 0 spiro atoms. The van der Waals surface area contributed by atoms with E-state index < -0.39 is 0 Å². The van der Waals surface area contributed by atoms with Crippen LogP contribution in [0.3, 0.4) is 0 Å². The summed E-state index contributed by atoms with van der Waals surface area (Å²) in [6.07, 6.45) is 2.15. The molecule has 23 heavy (non-hydrogen) atoms. The summed E-state index contributed by atoms with van der Waals surface area (Å²) in [5.74, 6) is 0.548. The molecule has 2 aromatic rings. The van der Waals surface area contributed by atoms with Crippen LogP contribution in [0, 0.1) is 12.8 Å². The van der Waals surface area contributed by atoms with Gasteiger partial charge in [0.2, 0.25) is 0 Å². The van der Waals surface area contributed by atoms with Crippen LogP contribution in [0.1, 0.15) is 57.9 Å². The van der Waals surface area contributed by atoms with E-state index in [1.54, 1.807) is 0 Å². The summed E-state index contributed by atoms with van der Waals surface area (Å²) >= 11 is 0. The quantitative estimate of drug-likeness (QED) is 0.736. The zero-order chi connectivity index (χ0) is 17.0. The Morgan fingerprint density at radius 1 is 1.26 bits per heavy atom. The average Bonchev–Trinajstić information content (AvgIpc) is 2.58. The van der Waals surface area contributed by atoms with Gasteiger partial charge < -0.3 is 4.74 Å². The maximum absolute atomic E-state index is 5.63. The van der Waals surface area contributed by atoms with E-state index in [4.69, 9.17) is 4.74 Å². The molecule has 0 saturated carbocycles. The maximum atomic E-state index is 5.63. The molecule has 0 radical (unpaired) electrons. The van der Waals surface area contributed by atoms with Crippen molar-refractivity contribution < 1.29 is 4.74 Å². The molecule has 0 aliphatic carbocycles. The summed E-state index contributed by atoms with van der Waals surface area (Å²) in [5.41, 5.74) is 5.29. The number of ether oxygens (including phenoxy) is 1. The van der Waals surface area contributed by atoms with E-state index in [1.807, 2.05) is 13.8 Å². The van der Waals surface area contributed by atoms with Crippen LogP contribution >= 0.6 is 0 Å². The van der Waals surface area contributed by atoms with Crippen molar-refractivity contribution in [3.05, 3.63) is 41.1 Å². The lowest BCUT2D eigenvalue weighted by atomic mass is 9.69. The number of aromatic nitrogens is 1. The van der Waals surface area contributed by atoms with Crippen LogP contribution < -0.4 is 0 Å². The molecule has 1 saturated heterocycles. The number of hydrogen-bond donors (Lipinski definition) is 0. The monoisotopic (exact) mass is 313 g/mol. The second-order valence-corrected chi connectivity index (χ2v) is 6.65. The van der Waals surface area contributed by atoms with Gasteiger partial charge in [-0.2, -0.15) is 0 Å².